The van der Waals surface area contributed by atoms with Crippen molar-refractivity contribution >= 4 is 0 Å². The Morgan fingerprint density at radius 2 is 1.81 bits per heavy atom. The molecule has 1 aliphatic carbocycles. The van der Waals surface area contributed by atoms with Crippen LogP contribution in [0.15, 0.2) is 0 Å². The first-order valence-corrected chi connectivity index (χ1v) is 6.37. The van der Waals surface area contributed by atoms with E-state index < -0.39 is 0 Å². The largest absolute Gasteiger partial charge is 0.391 e. The molecule has 1 aliphatic rings. The molecule has 0 radical (unpaired) electrons. The van der Waals surface area contributed by atoms with Gasteiger partial charge in [-0.3, -0.25) is 0 Å². The maximum Gasteiger partial charge on any atom is 0.0712 e. The van der Waals surface area contributed by atoms with Gasteiger partial charge in [0.1, 0.15) is 0 Å². The Morgan fingerprint density at radius 3 is 2.25 bits per heavy atom. The summed E-state index contributed by atoms with van der Waals surface area (Å²) in [5.41, 5.74) is -0.0310. The average molecular weight is 229 g/mol. The van der Waals surface area contributed by atoms with Crippen LogP contribution in [0.1, 0.15) is 46.5 Å². The lowest BCUT2D eigenvalue weighted by molar-refractivity contribution is 0.0454. The third kappa shape index (κ3) is 4.40. The van der Waals surface area contributed by atoms with Crippen LogP contribution in [0.5, 0.6) is 0 Å². The van der Waals surface area contributed by atoms with E-state index >= 15 is 0 Å². The number of rotatable bonds is 4. The van der Waals surface area contributed by atoms with Crippen molar-refractivity contribution in [3.05, 3.63) is 0 Å². The van der Waals surface area contributed by atoms with Gasteiger partial charge >= 0.3 is 0 Å². The van der Waals surface area contributed by atoms with Crippen LogP contribution in [-0.4, -0.2) is 37.0 Å². The van der Waals surface area contributed by atoms with E-state index in [1.165, 1.54) is 0 Å². The van der Waals surface area contributed by atoms with Crippen LogP contribution in [0.4, 0.5) is 0 Å². The van der Waals surface area contributed by atoms with E-state index in [-0.39, 0.29) is 11.5 Å². The number of aliphatic hydroxyl groups excluding tert-OH is 1. The molecular weight excluding hydrogens is 202 g/mol. The molecule has 0 bridgehead atoms. The van der Waals surface area contributed by atoms with Crippen LogP contribution in [-0.2, 0) is 4.74 Å². The molecule has 3 nitrogen and oxygen atoms in total. The molecule has 0 spiro atoms. The first-order chi connectivity index (χ1) is 7.43. The maximum atomic E-state index is 9.93. The van der Waals surface area contributed by atoms with Crippen molar-refractivity contribution in [2.45, 2.75) is 64.7 Å². The first kappa shape index (κ1) is 13.9. The molecule has 0 aromatic carbocycles. The summed E-state index contributed by atoms with van der Waals surface area (Å²) in [6.07, 6.45) is 4.78. The second-order valence-electron chi connectivity index (χ2n) is 6.00. The van der Waals surface area contributed by atoms with Crippen LogP contribution in [0.25, 0.3) is 0 Å². The quantitative estimate of drug-likeness (QED) is 0.774. The predicted octanol–water partition coefficient (Wildman–Crippen LogP) is 1.94. The SMILES string of the molecule is COC1CCC(NCC(O)C(C)(C)C)CC1. The van der Waals surface area contributed by atoms with E-state index in [0.29, 0.717) is 18.7 Å². The van der Waals surface area contributed by atoms with Crippen molar-refractivity contribution in [2.24, 2.45) is 5.41 Å². The minimum Gasteiger partial charge on any atom is -0.391 e. The smallest absolute Gasteiger partial charge is 0.0712 e. The van der Waals surface area contributed by atoms with Crippen molar-refractivity contribution in [3.63, 3.8) is 0 Å². The molecule has 0 saturated heterocycles. The number of methoxy groups -OCH3 is 1. The summed E-state index contributed by atoms with van der Waals surface area (Å²) < 4.78 is 5.34. The highest BCUT2D eigenvalue weighted by molar-refractivity contribution is 4.81. The molecule has 1 unspecified atom stereocenters. The molecule has 0 aromatic rings. The predicted molar refractivity (Wildman–Crippen MR) is 66.5 cm³/mol. The monoisotopic (exact) mass is 229 g/mol. The lowest BCUT2D eigenvalue weighted by Crippen LogP contribution is -2.43. The molecule has 0 amide bonds. The molecule has 0 heterocycles. The van der Waals surface area contributed by atoms with Crippen LogP contribution in [0.3, 0.4) is 0 Å². The topological polar surface area (TPSA) is 41.5 Å². The average Bonchev–Trinajstić information content (AvgIpc) is 2.25. The lowest BCUT2D eigenvalue weighted by Gasteiger charge is -2.31. The molecule has 1 fully saturated rings. The fourth-order valence-corrected chi connectivity index (χ4v) is 2.09. The van der Waals surface area contributed by atoms with Crippen LogP contribution in [0.2, 0.25) is 0 Å². The third-order valence-electron chi connectivity index (χ3n) is 3.61. The fraction of sp³-hybridized carbons (Fsp3) is 1.00. The Labute approximate surface area is 99.6 Å². The van der Waals surface area contributed by atoms with Gasteiger partial charge in [0, 0.05) is 19.7 Å². The van der Waals surface area contributed by atoms with Crippen molar-refractivity contribution in [3.8, 4) is 0 Å². The summed E-state index contributed by atoms with van der Waals surface area (Å²) >= 11 is 0. The summed E-state index contributed by atoms with van der Waals surface area (Å²) in [5, 5.41) is 13.4. The normalized spacial score (nSPS) is 29.1. The van der Waals surface area contributed by atoms with Gasteiger partial charge in [0.15, 0.2) is 0 Å². The van der Waals surface area contributed by atoms with E-state index in [4.69, 9.17) is 4.74 Å². The Hall–Kier alpha value is -0.120. The minimum atomic E-state index is -0.271. The Balaban J connectivity index is 2.20. The standard InChI is InChI=1S/C13H27NO2/c1-13(2,3)12(15)9-14-10-5-7-11(16-4)8-6-10/h10-12,14-15H,5-9H2,1-4H3. The van der Waals surface area contributed by atoms with Gasteiger partial charge in [0.05, 0.1) is 12.2 Å². The van der Waals surface area contributed by atoms with Crippen molar-refractivity contribution in [1.82, 2.24) is 5.32 Å². The van der Waals surface area contributed by atoms with Crippen LogP contribution in [0, 0.1) is 5.41 Å². The lowest BCUT2D eigenvalue weighted by atomic mass is 9.88. The van der Waals surface area contributed by atoms with Crippen molar-refractivity contribution in [2.75, 3.05) is 13.7 Å². The van der Waals surface area contributed by atoms with E-state index in [0.717, 1.165) is 25.7 Å². The zero-order valence-corrected chi connectivity index (χ0v) is 11.1. The molecular formula is C13H27NO2. The fourth-order valence-electron chi connectivity index (χ4n) is 2.09. The van der Waals surface area contributed by atoms with Crippen LogP contribution < -0.4 is 5.32 Å². The summed E-state index contributed by atoms with van der Waals surface area (Å²) in [7, 11) is 1.79. The molecule has 1 saturated carbocycles. The molecule has 0 aromatic heterocycles. The summed E-state index contributed by atoms with van der Waals surface area (Å²) in [4.78, 5) is 0. The number of nitrogens with one attached hydrogen (secondary N) is 1. The van der Waals surface area contributed by atoms with Gasteiger partial charge in [-0.25, -0.2) is 0 Å². The summed E-state index contributed by atoms with van der Waals surface area (Å²) in [6.45, 7) is 6.91. The molecule has 3 heteroatoms. The van der Waals surface area contributed by atoms with Gasteiger partial charge in [0.25, 0.3) is 0 Å². The highest BCUT2D eigenvalue weighted by atomic mass is 16.5. The summed E-state index contributed by atoms with van der Waals surface area (Å²) in [6, 6.07) is 0.559. The molecule has 16 heavy (non-hydrogen) atoms. The molecule has 1 rings (SSSR count). The second kappa shape index (κ2) is 5.99. The van der Waals surface area contributed by atoms with Crippen LogP contribution >= 0.6 is 0 Å². The van der Waals surface area contributed by atoms with Gasteiger partial charge in [0.2, 0.25) is 0 Å². The Kier molecular flexibility index (Phi) is 5.22. The zero-order valence-electron chi connectivity index (χ0n) is 11.1. The number of ether oxygens (including phenoxy) is 1. The molecule has 2 N–H and O–H groups in total. The Morgan fingerprint density at radius 1 is 1.25 bits per heavy atom. The Bertz CT molecular complexity index is 193. The second-order valence-corrected chi connectivity index (χ2v) is 6.00. The van der Waals surface area contributed by atoms with Gasteiger partial charge in [-0.05, 0) is 31.1 Å². The number of hydrogen-bond acceptors (Lipinski definition) is 3. The molecule has 96 valence electrons. The van der Waals surface area contributed by atoms with E-state index in [1.54, 1.807) is 7.11 Å². The minimum absolute atomic E-state index is 0.0310. The van der Waals surface area contributed by atoms with E-state index in [9.17, 15) is 5.11 Å². The van der Waals surface area contributed by atoms with Crippen molar-refractivity contribution in [1.29, 1.82) is 0 Å². The van der Waals surface area contributed by atoms with E-state index in [1.807, 2.05) is 0 Å². The van der Waals surface area contributed by atoms with E-state index in [2.05, 4.69) is 26.1 Å². The molecule has 0 aliphatic heterocycles. The highest BCUT2D eigenvalue weighted by Crippen LogP contribution is 2.22. The maximum absolute atomic E-state index is 9.93. The number of aliphatic hydroxyl groups is 1. The van der Waals surface area contributed by atoms with Gasteiger partial charge in [-0.2, -0.15) is 0 Å². The van der Waals surface area contributed by atoms with Gasteiger partial charge in [-0.1, -0.05) is 20.8 Å². The van der Waals surface area contributed by atoms with Crippen molar-refractivity contribution < 1.29 is 9.84 Å². The first-order valence-electron chi connectivity index (χ1n) is 6.37. The van der Waals surface area contributed by atoms with Gasteiger partial charge < -0.3 is 15.2 Å². The number of hydrogen-bond donors (Lipinski definition) is 2. The van der Waals surface area contributed by atoms with Gasteiger partial charge in [-0.15, -0.1) is 0 Å². The third-order valence-corrected chi connectivity index (χ3v) is 3.61. The zero-order chi connectivity index (χ0) is 12.2. The highest BCUT2D eigenvalue weighted by Gasteiger charge is 2.25. The molecule has 1 atom stereocenters. The summed E-state index contributed by atoms with van der Waals surface area (Å²) in [5.74, 6) is 0.